The average Bonchev–Trinajstić information content (AvgIpc) is 2.74. The number of hydrogen-bond acceptors (Lipinski definition) is 4. The first kappa shape index (κ1) is 19.7. The predicted molar refractivity (Wildman–Crippen MR) is 109 cm³/mol. The fourth-order valence-corrected chi connectivity index (χ4v) is 5.58. The van der Waals surface area contributed by atoms with E-state index in [-0.39, 0.29) is 17.9 Å². The normalized spacial score (nSPS) is 31.3. The van der Waals surface area contributed by atoms with Gasteiger partial charge in [-0.05, 0) is 56.2 Å². The van der Waals surface area contributed by atoms with Crippen molar-refractivity contribution in [2.24, 2.45) is 5.92 Å². The van der Waals surface area contributed by atoms with Gasteiger partial charge < -0.3 is 14.7 Å². The summed E-state index contributed by atoms with van der Waals surface area (Å²) in [7, 11) is 1.68. The maximum absolute atomic E-state index is 13.0. The van der Waals surface area contributed by atoms with Crippen LogP contribution in [0.5, 0.6) is 5.75 Å². The molecule has 4 rings (SSSR count). The standard InChI is InChI=1S/C23H34N2O3/c1-28-19-10-8-18(9-11-19)22-20-7-3-4-12-23(20,27)13-16-25(22)17-21(26)24-14-5-2-6-15-24/h8-11,20,22,27H,2-7,12-17H2,1H3/t20-,22-,23+/m0/s1. The summed E-state index contributed by atoms with van der Waals surface area (Å²) in [5, 5.41) is 11.4. The van der Waals surface area contributed by atoms with Crippen molar-refractivity contribution in [3.8, 4) is 5.75 Å². The van der Waals surface area contributed by atoms with E-state index in [1.54, 1.807) is 7.11 Å². The Hall–Kier alpha value is -1.59. The minimum Gasteiger partial charge on any atom is -0.497 e. The number of piperidine rings is 2. The van der Waals surface area contributed by atoms with Crippen molar-refractivity contribution >= 4 is 5.91 Å². The fraction of sp³-hybridized carbons (Fsp3) is 0.696. The van der Waals surface area contributed by atoms with E-state index in [1.807, 2.05) is 17.0 Å². The maximum Gasteiger partial charge on any atom is 0.236 e. The number of benzene rings is 1. The molecule has 1 saturated carbocycles. The maximum atomic E-state index is 13.0. The molecule has 1 aromatic carbocycles. The quantitative estimate of drug-likeness (QED) is 0.862. The second kappa shape index (κ2) is 8.42. The van der Waals surface area contributed by atoms with Crippen LogP contribution in [-0.2, 0) is 4.79 Å². The molecule has 5 heteroatoms. The topological polar surface area (TPSA) is 53.0 Å². The van der Waals surface area contributed by atoms with Gasteiger partial charge in [-0.15, -0.1) is 0 Å². The third kappa shape index (κ3) is 3.92. The number of nitrogens with zero attached hydrogens (tertiary/aromatic N) is 2. The predicted octanol–water partition coefficient (Wildman–Crippen LogP) is 3.38. The minimum absolute atomic E-state index is 0.0960. The van der Waals surface area contributed by atoms with Gasteiger partial charge in [0.2, 0.25) is 5.91 Å². The van der Waals surface area contributed by atoms with Crippen LogP contribution in [0.25, 0.3) is 0 Å². The number of amides is 1. The highest BCUT2D eigenvalue weighted by Crippen LogP contribution is 2.49. The Labute approximate surface area is 168 Å². The Morgan fingerprint density at radius 1 is 1.07 bits per heavy atom. The van der Waals surface area contributed by atoms with Crippen molar-refractivity contribution in [1.82, 2.24) is 9.80 Å². The van der Waals surface area contributed by atoms with Gasteiger partial charge in [0, 0.05) is 31.6 Å². The zero-order valence-corrected chi connectivity index (χ0v) is 17.1. The second-order valence-electron chi connectivity index (χ2n) is 8.84. The number of rotatable bonds is 4. The highest BCUT2D eigenvalue weighted by molar-refractivity contribution is 5.78. The first-order chi connectivity index (χ1) is 13.6. The van der Waals surface area contributed by atoms with E-state index in [4.69, 9.17) is 4.74 Å². The van der Waals surface area contributed by atoms with Gasteiger partial charge in [-0.25, -0.2) is 0 Å². The minimum atomic E-state index is -0.590. The van der Waals surface area contributed by atoms with Crippen molar-refractivity contribution in [3.63, 3.8) is 0 Å². The molecule has 2 aliphatic heterocycles. The van der Waals surface area contributed by atoms with E-state index in [1.165, 1.54) is 12.0 Å². The van der Waals surface area contributed by atoms with Gasteiger partial charge in [0.25, 0.3) is 0 Å². The molecule has 154 valence electrons. The lowest BCUT2D eigenvalue weighted by Crippen LogP contribution is -2.56. The summed E-state index contributed by atoms with van der Waals surface area (Å²) in [6, 6.07) is 8.32. The van der Waals surface area contributed by atoms with E-state index < -0.39 is 5.60 Å². The average molecular weight is 387 g/mol. The molecule has 2 saturated heterocycles. The lowest BCUT2D eigenvalue weighted by Gasteiger charge is -2.52. The fourth-order valence-electron chi connectivity index (χ4n) is 5.58. The SMILES string of the molecule is COc1ccc([C@H]2[C@@H]3CCCC[C@@]3(O)CCN2CC(=O)N2CCCCC2)cc1. The lowest BCUT2D eigenvalue weighted by atomic mass is 9.66. The first-order valence-corrected chi connectivity index (χ1v) is 11.0. The number of ether oxygens (including phenoxy) is 1. The lowest BCUT2D eigenvalue weighted by molar-refractivity contribution is -0.145. The van der Waals surface area contributed by atoms with Crippen molar-refractivity contribution in [2.45, 2.75) is 63.0 Å². The van der Waals surface area contributed by atoms with Gasteiger partial charge in [-0.1, -0.05) is 25.0 Å². The number of fused-ring (bicyclic) bond motifs is 1. The Morgan fingerprint density at radius 2 is 1.82 bits per heavy atom. The molecule has 0 radical (unpaired) electrons. The van der Waals surface area contributed by atoms with Gasteiger partial charge in [-0.3, -0.25) is 9.69 Å². The van der Waals surface area contributed by atoms with Crippen LogP contribution in [-0.4, -0.2) is 59.7 Å². The molecule has 1 aromatic rings. The van der Waals surface area contributed by atoms with Gasteiger partial charge in [0.1, 0.15) is 5.75 Å². The van der Waals surface area contributed by atoms with E-state index in [2.05, 4.69) is 17.0 Å². The first-order valence-electron chi connectivity index (χ1n) is 11.0. The van der Waals surface area contributed by atoms with Crippen LogP contribution >= 0.6 is 0 Å². The molecule has 1 N–H and O–H groups in total. The molecule has 28 heavy (non-hydrogen) atoms. The molecule has 2 heterocycles. The molecule has 1 amide bonds. The zero-order valence-electron chi connectivity index (χ0n) is 17.1. The molecule has 0 unspecified atom stereocenters. The van der Waals surface area contributed by atoms with Crippen molar-refractivity contribution in [2.75, 3.05) is 33.3 Å². The molecule has 0 spiro atoms. The summed E-state index contributed by atoms with van der Waals surface area (Å²) in [6.07, 6.45) is 8.43. The summed E-state index contributed by atoms with van der Waals surface area (Å²) in [6.45, 7) is 3.03. The van der Waals surface area contributed by atoms with Crippen LogP contribution in [0.3, 0.4) is 0 Å². The number of methoxy groups -OCH3 is 1. The van der Waals surface area contributed by atoms with Crippen LogP contribution in [0, 0.1) is 5.92 Å². The van der Waals surface area contributed by atoms with Crippen LogP contribution in [0.4, 0.5) is 0 Å². The molecule has 3 atom stereocenters. The van der Waals surface area contributed by atoms with Gasteiger partial charge in [0.05, 0.1) is 19.3 Å². The van der Waals surface area contributed by atoms with Crippen molar-refractivity contribution < 1.29 is 14.6 Å². The Kier molecular flexibility index (Phi) is 5.93. The van der Waals surface area contributed by atoms with E-state index in [0.29, 0.717) is 6.54 Å². The molecule has 0 bridgehead atoms. The van der Waals surface area contributed by atoms with Crippen LogP contribution in [0.1, 0.15) is 63.0 Å². The molecule has 3 aliphatic rings. The van der Waals surface area contributed by atoms with Gasteiger partial charge in [0.15, 0.2) is 0 Å². The number of carbonyl (C=O) groups is 1. The summed E-state index contributed by atoms with van der Waals surface area (Å²) < 4.78 is 5.33. The highest BCUT2D eigenvalue weighted by Gasteiger charge is 2.49. The summed E-state index contributed by atoms with van der Waals surface area (Å²) in [4.78, 5) is 17.4. The van der Waals surface area contributed by atoms with Gasteiger partial charge in [-0.2, -0.15) is 0 Å². The summed E-state index contributed by atoms with van der Waals surface area (Å²) in [5.41, 5.74) is 0.602. The van der Waals surface area contributed by atoms with E-state index in [9.17, 15) is 9.90 Å². The number of hydrogen-bond donors (Lipinski definition) is 1. The molecule has 5 nitrogen and oxygen atoms in total. The van der Waals surface area contributed by atoms with Crippen LogP contribution in [0.2, 0.25) is 0 Å². The highest BCUT2D eigenvalue weighted by atomic mass is 16.5. The van der Waals surface area contributed by atoms with Crippen LogP contribution in [0.15, 0.2) is 24.3 Å². The summed E-state index contributed by atoms with van der Waals surface area (Å²) in [5.74, 6) is 1.28. The molecule has 1 aliphatic carbocycles. The Balaban J connectivity index is 1.58. The van der Waals surface area contributed by atoms with Gasteiger partial charge >= 0.3 is 0 Å². The Bertz CT molecular complexity index is 671. The largest absolute Gasteiger partial charge is 0.497 e. The zero-order chi connectivity index (χ0) is 19.6. The third-order valence-corrected chi connectivity index (χ3v) is 7.18. The molecular formula is C23H34N2O3. The summed E-state index contributed by atoms with van der Waals surface area (Å²) >= 11 is 0. The molecule has 0 aromatic heterocycles. The number of aliphatic hydroxyl groups is 1. The number of likely N-dealkylation sites (tertiary alicyclic amines) is 2. The van der Waals surface area contributed by atoms with Crippen LogP contribution < -0.4 is 4.74 Å². The van der Waals surface area contributed by atoms with Crippen molar-refractivity contribution in [1.29, 1.82) is 0 Å². The molecule has 3 fully saturated rings. The number of carbonyl (C=O) groups excluding carboxylic acids is 1. The third-order valence-electron chi connectivity index (χ3n) is 7.18. The van der Waals surface area contributed by atoms with Crippen molar-refractivity contribution in [3.05, 3.63) is 29.8 Å². The smallest absolute Gasteiger partial charge is 0.236 e. The second-order valence-corrected chi connectivity index (χ2v) is 8.84. The van der Waals surface area contributed by atoms with E-state index in [0.717, 1.165) is 70.3 Å². The van der Waals surface area contributed by atoms with E-state index >= 15 is 0 Å². The monoisotopic (exact) mass is 386 g/mol. The Morgan fingerprint density at radius 3 is 2.54 bits per heavy atom. The molecular weight excluding hydrogens is 352 g/mol.